The molecule has 0 aliphatic rings. The summed E-state index contributed by atoms with van der Waals surface area (Å²) in [4.78, 5) is 6.37. The highest BCUT2D eigenvalue weighted by Crippen LogP contribution is 2.30. The normalized spacial score (nSPS) is 12.9. The van der Waals surface area contributed by atoms with Crippen molar-refractivity contribution in [2.75, 3.05) is 14.2 Å². The lowest BCUT2D eigenvalue weighted by molar-refractivity contribution is -0.0512. The van der Waals surface area contributed by atoms with Crippen LogP contribution in [0.25, 0.3) is 0 Å². The van der Waals surface area contributed by atoms with Gasteiger partial charge in [0.1, 0.15) is 0 Å². The van der Waals surface area contributed by atoms with Crippen molar-refractivity contribution in [3.8, 4) is 11.5 Å². The van der Waals surface area contributed by atoms with Crippen LogP contribution in [-0.4, -0.2) is 35.8 Å². The van der Waals surface area contributed by atoms with Crippen LogP contribution in [0, 0.1) is 0 Å². The fraction of sp³-hybridized carbons (Fsp3) is 0.529. The summed E-state index contributed by atoms with van der Waals surface area (Å²) in [5.41, 5.74) is 0.800. The molecule has 2 aromatic rings. The molecule has 0 bridgehead atoms. The van der Waals surface area contributed by atoms with E-state index in [1.54, 1.807) is 18.2 Å². The van der Waals surface area contributed by atoms with Crippen molar-refractivity contribution >= 4 is 0 Å². The molecular weight excluding hydrogens is 332 g/mol. The molecule has 138 valence electrons. The number of hydrogen-bond donors (Lipinski definition) is 0. The molecule has 0 saturated heterocycles. The van der Waals surface area contributed by atoms with Crippen LogP contribution in [-0.2, 0) is 6.54 Å². The van der Waals surface area contributed by atoms with Gasteiger partial charge in [-0.15, -0.1) is 0 Å². The molecule has 8 heteroatoms. The maximum atomic E-state index is 12.5. The molecule has 1 aromatic carbocycles. The second-order valence-corrected chi connectivity index (χ2v) is 6.10. The molecule has 25 heavy (non-hydrogen) atoms. The number of alkyl halides is 2. The zero-order valence-corrected chi connectivity index (χ0v) is 15.0. The molecule has 1 aromatic heterocycles. The highest BCUT2D eigenvalue weighted by Gasteiger charge is 2.20. The Kier molecular flexibility index (Phi) is 6.30. The van der Waals surface area contributed by atoms with Crippen LogP contribution in [0.15, 0.2) is 22.7 Å². The Morgan fingerprint density at radius 2 is 1.92 bits per heavy atom. The second kappa shape index (κ2) is 8.24. The Hall–Kier alpha value is -2.22. The van der Waals surface area contributed by atoms with Crippen LogP contribution in [0.5, 0.6) is 11.5 Å². The minimum absolute atomic E-state index is 0.0101. The fourth-order valence-corrected chi connectivity index (χ4v) is 2.27. The van der Waals surface area contributed by atoms with Gasteiger partial charge < -0.3 is 14.0 Å². The summed E-state index contributed by atoms with van der Waals surface area (Å²) in [6.45, 7) is 3.51. The van der Waals surface area contributed by atoms with Gasteiger partial charge in [0.25, 0.3) is 0 Å². The predicted molar refractivity (Wildman–Crippen MR) is 87.9 cm³/mol. The van der Waals surface area contributed by atoms with Crippen molar-refractivity contribution in [2.45, 2.75) is 45.9 Å². The van der Waals surface area contributed by atoms with Gasteiger partial charge in [0.15, 0.2) is 17.3 Å². The van der Waals surface area contributed by atoms with Crippen molar-refractivity contribution in [1.29, 1.82) is 0 Å². The molecule has 0 amide bonds. The smallest absolute Gasteiger partial charge is 0.387 e. The van der Waals surface area contributed by atoms with E-state index in [0.717, 1.165) is 5.56 Å². The average molecular weight is 355 g/mol. The summed E-state index contributed by atoms with van der Waals surface area (Å²) < 4.78 is 39.9. The Labute approximate surface area is 145 Å². The molecule has 0 radical (unpaired) electrons. The zero-order valence-electron chi connectivity index (χ0n) is 15.0. The molecule has 0 fully saturated rings. The molecule has 0 saturated carbocycles. The van der Waals surface area contributed by atoms with Crippen LogP contribution >= 0.6 is 0 Å². The standard InChI is InChI=1S/C17H23F2N3O3/c1-10(2)15-20-16(25-21-15)11(3)22(4)9-12-6-7-13(23-5)14(8-12)24-17(18)19/h6-8,10-11,17H,9H2,1-5H3. The summed E-state index contributed by atoms with van der Waals surface area (Å²) in [6, 6.07) is 4.83. The number of benzene rings is 1. The van der Waals surface area contributed by atoms with Gasteiger partial charge in [-0.1, -0.05) is 25.1 Å². The molecule has 0 aliphatic carbocycles. The summed E-state index contributed by atoms with van der Waals surface area (Å²) in [5, 5.41) is 3.96. The van der Waals surface area contributed by atoms with Crippen LogP contribution < -0.4 is 9.47 Å². The number of aromatic nitrogens is 2. The number of nitrogens with zero attached hydrogens (tertiary/aromatic N) is 3. The summed E-state index contributed by atoms with van der Waals surface area (Å²) in [5.74, 6) is 1.64. The summed E-state index contributed by atoms with van der Waals surface area (Å²) in [6.07, 6.45) is 0. The maximum absolute atomic E-state index is 12.5. The quantitative estimate of drug-likeness (QED) is 0.713. The number of hydrogen-bond acceptors (Lipinski definition) is 6. The molecule has 0 N–H and O–H groups in total. The summed E-state index contributed by atoms with van der Waals surface area (Å²) in [7, 11) is 3.30. The van der Waals surface area contributed by atoms with Crippen LogP contribution in [0.1, 0.15) is 50.0 Å². The van der Waals surface area contributed by atoms with Gasteiger partial charge in [-0.05, 0) is 31.7 Å². The van der Waals surface area contributed by atoms with E-state index in [2.05, 4.69) is 14.9 Å². The lowest BCUT2D eigenvalue weighted by Gasteiger charge is -2.22. The number of ether oxygens (including phenoxy) is 2. The van der Waals surface area contributed by atoms with Gasteiger partial charge in [-0.25, -0.2) is 0 Å². The molecule has 1 heterocycles. The van der Waals surface area contributed by atoms with E-state index < -0.39 is 6.61 Å². The lowest BCUT2D eigenvalue weighted by Crippen LogP contribution is -2.22. The Morgan fingerprint density at radius 3 is 2.48 bits per heavy atom. The van der Waals surface area contributed by atoms with E-state index in [1.165, 1.54) is 7.11 Å². The topological polar surface area (TPSA) is 60.6 Å². The SMILES string of the molecule is COc1ccc(CN(C)C(C)c2nc(C(C)C)no2)cc1OC(F)F. The van der Waals surface area contributed by atoms with E-state index in [9.17, 15) is 8.78 Å². The van der Waals surface area contributed by atoms with E-state index in [4.69, 9.17) is 9.26 Å². The number of halogens is 2. The third-order valence-electron chi connectivity index (χ3n) is 3.87. The predicted octanol–water partition coefficient (Wildman–Crippen LogP) is 4.00. The van der Waals surface area contributed by atoms with Gasteiger partial charge in [0, 0.05) is 12.5 Å². The Bertz CT molecular complexity index is 692. The Balaban J connectivity index is 2.11. The van der Waals surface area contributed by atoms with Gasteiger partial charge in [0.05, 0.1) is 13.2 Å². The molecule has 0 aliphatic heterocycles. The molecule has 1 atom stereocenters. The summed E-state index contributed by atoms with van der Waals surface area (Å²) >= 11 is 0. The first-order valence-corrected chi connectivity index (χ1v) is 7.97. The first kappa shape index (κ1) is 19.1. The minimum Gasteiger partial charge on any atom is -0.493 e. The Morgan fingerprint density at radius 1 is 1.20 bits per heavy atom. The van der Waals surface area contributed by atoms with Crippen LogP contribution in [0.2, 0.25) is 0 Å². The monoisotopic (exact) mass is 355 g/mol. The molecule has 6 nitrogen and oxygen atoms in total. The van der Waals surface area contributed by atoms with Gasteiger partial charge in [-0.3, -0.25) is 4.90 Å². The number of rotatable bonds is 8. The third kappa shape index (κ3) is 4.88. The number of methoxy groups -OCH3 is 1. The van der Waals surface area contributed by atoms with E-state index in [0.29, 0.717) is 18.3 Å². The van der Waals surface area contributed by atoms with Gasteiger partial charge in [0.2, 0.25) is 5.89 Å². The van der Waals surface area contributed by atoms with Crippen molar-refractivity contribution < 1.29 is 22.8 Å². The highest BCUT2D eigenvalue weighted by atomic mass is 19.3. The van der Waals surface area contributed by atoms with Crippen molar-refractivity contribution in [3.63, 3.8) is 0 Å². The van der Waals surface area contributed by atoms with E-state index in [1.807, 2.05) is 32.7 Å². The van der Waals surface area contributed by atoms with Crippen LogP contribution in [0.4, 0.5) is 8.78 Å². The van der Waals surface area contributed by atoms with Gasteiger partial charge >= 0.3 is 6.61 Å². The average Bonchev–Trinajstić information content (AvgIpc) is 3.04. The molecule has 1 unspecified atom stereocenters. The van der Waals surface area contributed by atoms with E-state index >= 15 is 0 Å². The van der Waals surface area contributed by atoms with Crippen molar-refractivity contribution in [1.82, 2.24) is 15.0 Å². The largest absolute Gasteiger partial charge is 0.493 e. The molecular formula is C17H23F2N3O3. The van der Waals surface area contributed by atoms with Gasteiger partial charge in [-0.2, -0.15) is 13.8 Å². The third-order valence-corrected chi connectivity index (χ3v) is 3.87. The minimum atomic E-state index is -2.91. The van der Waals surface area contributed by atoms with Crippen molar-refractivity contribution in [2.24, 2.45) is 0 Å². The van der Waals surface area contributed by atoms with Crippen molar-refractivity contribution in [3.05, 3.63) is 35.5 Å². The van der Waals surface area contributed by atoms with E-state index in [-0.39, 0.29) is 23.5 Å². The zero-order chi connectivity index (χ0) is 18.6. The molecule has 0 spiro atoms. The maximum Gasteiger partial charge on any atom is 0.387 e. The fourth-order valence-electron chi connectivity index (χ4n) is 2.27. The first-order chi connectivity index (χ1) is 11.8. The van der Waals surface area contributed by atoms with Crippen LogP contribution in [0.3, 0.4) is 0 Å². The second-order valence-electron chi connectivity index (χ2n) is 6.10. The highest BCUT2D eigenvalue weighted by molar-refractivity contribution is 5.43. The lowest BCUT2D eigenvalue weighted by atomic mass is 10.1. The molecule has 2 rings (SSSR count). The first-order valence-electron chi connectivity index (χ1n) is 7.97.